The highest BCUT2D eigenvalue weighted by molar-refractivity contribution is 7.98. The largest absolute Gasteiger partial charge is 0.388 e. The lowest BCUT2D eigenvalue weighted by Gasteiger charge is -2.25. The van der Waals surface area contributed by atoms with Crippen molar-refractivity contribution >= 4 is 11.8 Å². The number of thioether (sulfide) groups is 1. The first-order valence-electron chi connectivity index (χ1n) is 6.44. The minimum absolute atomic E-state index is 0.374. The summed E-state index contributed by atoms with van der Waals surface area (Å²) in [6, 6.07) is 8.85. The second-order valence-electron chi connectivity index (χ2n) is 5.34. The Morgan fingerprint density at radius 2 is 2.06 bits per heavy atom. The number of hydrogen-bond acceptors (Lipinski definition) is 3. The van der Waals surface area contributed by atoms with E-state index >= 15 is 0 Å². The van der Waals surface area contributed by atoms with Crippen molar-refractivity contribution in [3.63, 3.8) is 0 Å². The summed E-state index contributed by atoms with van der Waals surface area (Å²) < 4.78 is 0. The zero-order valence-corrected chi connectivity index (χ0v) is 12.7. The maximum absolute atomic E-state index is 10.1. The highest BCUT2D eigenvalue weighted by atomic mass is 32.2. The van der Waals surface area contributed by atoms with Gasteiger partial charge in [-0.3, -0.25) is 0 Å². The molecule has 0 aliphatic rings. The standard InChI is InChI=1S/C15H25NOS/c1-12-7-5-6-8-14(12)9-13(2)16-10-15(3,17)11-18-4/h5-8,13,16-17H,9-11H2,1-4H3. The number of rotatable bonds is 7. The van der Waals surface area contributed by atoms with Crippen LogP contribution in [0.25, 0.3) is 0 Å². The lowest BCUT2D eigenvalue weighted by Crippen LogP contribution is -2.44. The van der Waals surface area contributed by atoms with Crippen LogP contribution in [0.5, 0.6) is 0 Å². The highest BCUT2D eigenvalue weighted by Gasteiger charge is 2.20. The first kappa shape index (κ1) is 15.5. The van der Waals surface area contributed by atoms with Crippen LogP contribution in [0.3, 0.4) is 0 Å². The molecule has 102 valence electrons. The first-order chi connectivity index (χ1) is 8.44. The average molecular weight is 267 g/mol. The van der Waals surface area contributed by atoms with E-state index in [0.29, 0.717) is 12.6 Å². The Kier molecular flexibility index (Phi) is 6.19. The second-order valence-corrected chi connectivity index (χ2v) is 6.21. The van der Waals surface area contributed by atoms with Crippen molar-refractivity contribution in [1.82, 2.24) is 5.32 Å². The third-order valence-corrected chi connectivity index (χ3v) is 3.98. The van der Waals surface area contributed by atoms with Crippen molar-refractivity contribution in [3.8, 4) is 0 Å². The summed E-state index contributed by atoms with van der Waals surface area (Å²) in [4.78, 5) is 0. The summed E-state index contributed by atoms with van der Waals surface area (Å²) in [6.45, 7) is 6.84. The summed E-state index contributed by atoms with van der Waals surface area (Å²) in [5.41, 5.74) is 2.09. The molecule has 0 fully saturated rings. The molecule has 0 saturated carbocycles. The van der Waals surface area contributed by atoms with Gasteiger partial charge in [0.1, 0.15) is 0 Å². The molecule has 2 unspecified atom stereocenters. The van der Waals surface area contributed by atoms with E-state index in [4.69, 9.17) is 0 Å². The van der Waals surface area contributed by atoms with Gasteiger partial charge in [0.05, 0.1) is 5.60 Å². The van der Waals surface area contributed by atoms with Crippen molar-refractivity contribution in [2.24, 2.45) is 0 Å². The highest BCUT2D eigenvalue weighted by Crippen LogP contribution is 2.12. The Bertz CT molecular complexity index is 365. The number of aliphatic hydroxyl groups is 1. The minimum Gasteiger partial charge on any atom is -0.388 e. The van der Waals surface area contributed by atoms with Crippen LogP contribution in [-0.2, 0) is 6.42 Å². The molecule has 2 nitrogen and oxygen atoms in total. The quantitative estimate of drug-likeness (QED) is 0.796. The summed E-state index contributed by atoms with van der Waals surface area (Å²) in [5, 5.41) is 13.5. The zero-order valence-electron chi connectivity index (χ0n) is 11.9. The van der Waals surface area contributed by atoms with E-state index in [1.807, 2.05) is 13.2 Å². The molecule has 18 heavy (non-hydrogen) atoms. The molecule has 0 amide bonds. The van der Waals surface area contributed by atoms with Gasteiger partial charge in [-0.05, 0) is 44.6 Å². The van der Waals surface area contributed by atoms with E-state index in [1.165, 1.54) is 11.1 Å². The predicted octanol–water partition coefficient (Wildman–Crippen LogP) is 2.63. The molecule has 0 spiro atoms. The monoisotopic (exact) mass is 267 g/mol. The Labute approximate surface area is 115 Å². The van der Waals surface area contributed by atoms with Crippen LogP contribution >= 0.6 is 11.8 Å². The molecule has 0 heterocycles. The molecule has 1 aromatic rings. The van der Waals surface area contributed by atoms with Crippen molar-refractivity contribution < 1.29 is 5.11 Å². The van der Waals surface area contributed by atoms with Gasteiger partial charge >= 0.3 is 0 Å². The number of benzene rings is 1. The minimum atomic E-state index is -0.626. The van der Waals surface area contributed by atoms with Gasteiger partial charge in [0.15, 0.2) is 0 Å². The molecule has 0 radical (unpaired) electrons. The predicted molar refractivity (Wildman–Crippen MR) is 81.4 cm³/mol. The van der Waals surface area contributed by atoms with Crippen molar-refractivity contribution in [2.45, 2.75) is 38.8 Å². The van der Waals surface area contributed by atoms with Crippen molar-refractivity contribution in [3.05, 3.63) is 35.4 Å². The molecule has 0 aromatic heterocycles. The summed E-state index contributed by atoms with van der Waals surface area (Å²) in [7, 11) is 0. The fraction of sp³-hybridized carbons (Fsp3) is 0.600. The van der Waals surface area contributed by atoms with Gasteiger partial charge in [-0.2, -0.15) is 11.8 Å². The van der Waals surface area contributed by atoms with E-state index in [2.05, 4.69) is 43.4 Å². The van der Waals surface area contributed by atoms with E-state index in [0.717, 1.165) is 12.2 Å². The molecule has 0 aliphatic carbocycles. The smallest absolute Gasteiger partial charge is 0.0833 e. The molecule has 0 saturated heterocycles. The van der Waals surface area contributed by atoms with Gasteiger partial charge in [0.2, 0.25) is 0 Å². The van der Waals surface area contributed by atoms with Gasteiger partial charge in [-0.25, -0.2) is 0 Å². The molecular weight excluding hydrogens is 242 g/mol. The summed E-state index contributed by atoms with van der Waals surface area (Å²) in [6.07, 6.45) is 3.02. The number of nitrogens with one attached hydrogen (secondary N) is 1. The summed E-state index contributed by atoms with van der Waals surface area (Å²) in [5.74, 6) is 0.761. The van der Waals surface area contributed by atoms with Crippen LogP contribution in [0, 0.1) is 6.92 Å². The molecule has 1 aromatic carbocycles. The van der Waals surface area contributed by atoms with Crippen molar-refractivity contribution in [1.29, 1.82) is 0 Å². The molecule has 2 N–H and O–H groups in total. The second kappa shape index (κ2) is 7.17. The Morgan fingerprint density at radius 1 is 1.39 bits per heavy atom. The third kappa shape index (κ3) is 5.42. The normalized spacial score (nSPS) is 16.3. The van der Waals surface area contributed by atoms with Crippen LogP contribution in [0.2, 0.25) is 0 Å². The van der Waals surface area contributed by atoms with Gasteiger partial charge in [0, 0.05) is 18.3 Å². The zero-order chi connectivity index (χ0) is 13.6. The van der Waals surface area contributed by atoms with Crippen LogP contribution < -0.4 is 5.32 Å². The molecular formula is C15H25NOS. The van der Waals surface area contributed by atoms with Crippen LogP contribution in [0.4, 0.5) is 0 Å². The third-order valence-electron chi connectivity index (χ3n) is 3.07. The van der Waals surface area contributed by atoms with E-state index in [1.54, 1.807) is 11.8 Å². The molecule has 1 rings (SSSR count). The van der Waals surface area contributed by atoms with Gasteiger partial charge in [0.25, 0.3) is 0 Å². The molecule has 0 aliphatic heterocycles. The van der Waals surface area contributed by atoms with Crippen LogP contribution in [0.1, 0.15) is 25.0 Å². The molecule has 0 bridgehead atoms. The Balaban J connectivity index is 2.43. The fourth-order valence-corrected chi connectivity index (χ4v) is 2.72. The maximum atomic E-state index is 10.1. The lowest BCUT2D eigenvalue weighted by atomic mass is 10.0. The van der Waals surface area contributed by atoms with E-state index in [9.17, 15) is 5.11 Å². The van der Waals surface area contributed by atoms with E-state index in [-0.39, 0.29) is 0 Å². The molecule has 2 atom stereocenters. The Hall–Kier alpha value is -0.510. The van der Waals surface area contributed by atoms with Gasteiger partial charge in [-0.1, -0.05) is 24.3 Å². The van der Waals surface area contributed by atoms with Crippen molar-refractivity contribution in [2.75, 3.05) is 18.6 Å². The van der Waals surface area contributed by atoms with Crippen LogP contribution in [0.15, 0.2) is 24.3 Å². The Morgan fingerprint density at radius 3 is 2.67 bits per heavy atom. The van der Waals surface area contributed by atoms with E-state index < -0.39 is 5.60 Å². The lowest BCUT2D eigenvalue weighted by molar-refractivity contribution is 0.0820. The first-order valence-corrected chi connectivity index (χ1v) is 7.83. The number of aryl methyl sites for hydroxylation is 1. The van der Waals surface area contributed by atoms with Gasteiger partial charge in [-0.15, -0.1) is 0 Å². The molecule has 3 heteroatoms. The topological polar surface area (TPSA) is 32.3 Å². The van der Waals surface area contributed by atoms with Crippen LogP contribution in [-0.4, -0.2) is 35.3 Å². The van der Waals surface area contributed by atoms with Gasteiger partial charge < -0.3 is 10.4 Å². The summed E-state index contributed by atoms with van der Waals surface area (Å²) >= 11 is 1.68. The number of hydrogen-bond donors (Lipinski definition) is 2. The SMILES string of the molecule is CSCC(C)(O)CNC(C)Cc1ccccc1C. The fourth-order valence-electron chi connectivity index (χ4n) is 2.00. The average Bonchev–Trinajstić information content (AvgIpc) is 2.30. The maximum Gasteiger partial charge on any atom is 0.0833 e.